The van der Waals surface area contributed by atoms with Crippen LogP contribution in [0.5, 0.6) is 0 Å². The topological polar surface area (TPSA) is 72.2 Å². The van der Waals surface area contributed by atoms with Crippen LogP contribution in [0.15, 0.2) is 0 Å². The number of halogens is 1. The van der Waals surface area contributed by atoms with Crippen molar-refractivity contribution in [3.8, 4) is 0 Å². The highest BCUT2D eigenvalue weighted by molar-refractivity contribution is 6.31. The first-order chi connectivity index (χ1) is 4.57. The van der Waals surface area contributed by atoms with Crippen LogP contribution in [0.1, 0.15) is 13.3 Å². The summed E-state index contributed by atoms with van der Waals surface area (Å²) in [6, 6.07) is -0.871. The van der Waals surface area contributed by atoms with Crippen LogP contribution in [0, 0.1) is 0 Å². The Morgan fingerprint density at radius 3 is 2.50 bits per heavy atom. The van der Waals surface area contributed by atoms with Crippen LogP contribution in [0.3, 0.4) is 0 Å². The summed E-state index contributed by atoms with van der Waals surface area (Å²) in [4.78, 5) is 20.7. The number of imide groups is 1. The summed E-state index contributed by atoms with van der Waals surface area (Å²) in [6.07, 6.45) is 0.473. The van der Waals surface area contributed by atoms with Crippen LogP contribution < -0.4 is 11.1 Å². The average molecular weight is 165 g/mol. The quantitative estimate of drug-likeness (QED) is 0.573. The summed E-state index contributed by atoms with van der Waals surface area (Å²) < 4.78 is 0. The molecule has 0 aliphatic heterocycles. The molecule has 58 valence electrons. The van der Waals surface area contributed by atoms with E-state index < -0.39 is 17.3 Å². The lowest BCUT2D eigenvalue weighted by Crippen LogP contribution is -2.39. The van der Waals surface area contributed by atoms with Crippen LogP contribution in [-0.4, -0.2) is 17.3 Å². The van der Waals surface area contributed by atoms with Gasteiger partial charge in [0.05, 0.1) is 0 Å². The summed E-state index contributed by atoms with van der Waals surface area (Å²) in [5, 5.41) is 1.19. The number of alkyl halides is 1. The predicted molar refractivity (Wildman–Crippen MR) is 37.7 cm³/mol. The van der Waals surface area contributed by atoms with E-state index in [2.05, 4.69) is 5.73 Å². The van der Waals surface area contributed by atoms with Crippen molar-refractivity contribution in [1.29, 1.82) is 0 Å². The number of nitrogens with two attached hydrogens (primary N) is 1. The maximum Gasteiger partial charge on any atom is 0.318 e. The van der Waals surface area contributed by atoms with E-state index in [0.717, 1.165) is 0 Å². The second-order valence-corrected chi connectivity index (χ2v) is 2.26. The lowest BCUT2D eigenvalue weighted by Gasteiger charge is -2.03. The Balaban J connectivity index is 3.73. The summed E-state index contributed by atoms with van der Waals surface area (Å²) in [7, 11) is 0. The maximum atomic E-state index is 10.6. The molecule has 0 saturated carbocycles. The van der Waals surface area contributed by atoms with Gasteiger partial charge in [-0.25, -0.2) is 4.79 Å². The van der Waals surface area contributed by atoms with Crippen LogP contribution in [0.2, 0.25) is 0 Å². The number of amides is 3. The molecule has 0 radical (unpaired) electrons. The molecule has 0 aromatic heterocycles. The minimum atomic E-state index is -0.871. The molecule has 0 bridgehead atoms. The second kappa shape index (κ2) is 4.11. The number of hydrogen-bond donors (Lipinski definition) is 2. The van der Waals surface area contributed by atoms with Gasteiger partial charge in [-0.15, -0.1) is 11.6 Å². The highest BCUT2D eigenvalue weighted by Gasteiger charge is 2.13. The van der Waals surface area contributed by atoms with Gasteiger partial charge in [0, 0.05) is 0 Å². The zero-order chi connectivity index (χ0) is 8.15. The molecule has 0 saturated heterocycles. The number of nitrogens with one attached hydrogen (secondary N) is 1. The van der Waals surface area contributed by atoms with Crippen LogP contribution >= 0.6 is 11.6 Å². The third-order valence-electron chi connectivity index (χ3n) is 0.889. The molecule has 10 heavy (non-hydrogen) atoms. The van der Waals surface area contributed by atoms with E-state index >= 15 is 0 Å². The molecule has 4 nitrogen and oxygen atoms in total. The number of rotatable bonds is 2. The molecule has 0 spiro atoms. The molecule has 5 heteroatoms. The Labute approximate surface area is 63.7 Å². The Morgan fingerprint density at radius 2 is 2.20 bits per heavy atom. The maximum absolute atomic E-state index is 10.6. The van der Waals surface area contributed by atoms with Crippen molar-refractivity contribution in [2.45, 2.75) is 18.7 Å². The van der Waals surface area contributed by atoms with Crippen LogP contribution in [0.4, 0.5) is 4.79 Å². The Hall–Kier alpha value is -0.770. The van der Waals surface area contributed by atoms with Gasteiger partial charge in [0.15, 0.2) is 0 Å². The fourth-order valence-electron chi connectivity index (χ4n) is 0.385. The third kappa shape index (κ3) is 3.29. The monoisotopic (exact) mass is 164 g/mol. The van der Waals surface area contributed by atoms with Gasteiger partial charge in [-0.1, -0.05) is 6.92 Å². The Kier molecular flexibility index (Phi) is 3.79. The smallest absolute Gasteiger partial charge is 0.318 e. The molecule has 1 atom stereocenters. The van der Waals surface area contributed by atoms with Crippen molar-refractivity contribution in [2.24, 2.45) is 5.73 Å². The van der Waals surface area contributed by atoms with E-state index in [9.17, 15) is 9.59 Å². The molecule has 0 aliphatic rings. The van der Waals surface area contributed by atoms with Crippen LogP contribution in [-0.2, 0) is 4.79 Å². The van der Waals surface area contributed by atoms with E-state index in [-0.39, 0.29) is 0 Å². The van der Waals surface area contributed by atoms with Crippen molar-refractivity contribution < 1.29 is 9.59 Å². The van der Waals surface area contributed by atoms with Gasteiger partial charge in [-0.3, -0.25) is 10.1 Å². The molecule has 0 heterocycles. The van der Waals surface area contributed by atoms with Crippen molar-refractivity contribution in [3.05, 3.63) is 0 Å². The lowest BCUT2D eigenvalue weighted by atomic mass is 10.3. The van der Waals surface area contributed by atoms with E-state index in [0.29, 0.717) is 6.42 Å². The van der Waals surface area contributed by atoms with Gasteiger partial charge in [0.2, 0.25) is 5.91 Å². The lowest BCUT2D eigenvalue weighted by molar-refractivity contribution is -0.119. The molecule has 1 unspecified atom stereocenters. The molecule has 0 aliphatic carbocycles. The Morgan fingerprint density at radius 1 is 1.70 bits per heavy atom. The van der Waals surface area contributed by atoms with E-state index in [4.69, 9.17) is 11.6 Å². The van der Waals surface area contributed by atoms with Crippen molar-refractivity contribution >= 4 is 23.5 Å². The number of hydrogen-bond acceptors (Lipinski definition) is 2. The van der Waals surface area contributed by atoms with Gasteiger partial charge in [-0.2, -0.15) is 0 Å². The van der Waals surface area contributed by atoms with Crippen molar-refractivity contribution in [2.75, 3.05) is 0 Å². The highest BCUT2D eigenvalue weighted by Crippen LogP contribution is 1.99. The van der Waals surface area contributed by atoms with E-state index in [1.807, 2.05) is 5.32 Å². The van der Waals surface area contributed by atoms with Gasteiger partial charge in [0.25, 0.3) is 0 Å². The second-order valence-electron chi connectivity index (χ2n) is 1.73. The van der Waals surface area contributed by atoms with Crippen LogP contribution in [0.25, 0.3) is 0 Å². The summed E-state index contributed by atoms with van der Waals surface area (Å²) >= 11 is 5.44. The molecule has 0 rings (SSSR count). The zero-order valence-electron chi connectivity index (χ0n) is 5.56. The summed E-state index contributed by atoms with van der Waals surface area (Å²) in [5.41, 5.74) is 4.66. The molecule has 3 N–H and O–H groups in total. The first-order valence-corrected chi connectivity index (χ1v) is 3.26. The third-order valence-corrected chi connectivity index (χ3v) is 1.40. The number of primary amides is 1. The van der Waals surface area contributed by atoms with E-state index in [1.54, 1.807) is 6.92 Å². The SMILES string of the molecule is CCC(Cl)C(=O)NC(N)=O. The van der Waals surface area contributed by atoms with Crippen molar-refractivity contribution in [3.63, 3.8) is 0 Å². The molecule has 0 aromatic rings. The molecular weight excluding hydrogens is 156 g/mol. The summed E-state index contributed by atoms with van der Waals surface area (Å²) in [6.45, 7) is 1.73. The molecule has 0 aromatic carbocycles. The van der Waals surface area contributed by atoms with Gasteiger partial charge >= 0.3 is 6.03 Å². The minimum Gasteiger partial charge on any atom is -0.351 e. The van der Waals surface area contributed by atoms with Gasteiger partial charge in [-0.05, 0) is 6.42 Å². The van der Waals surface area contributed by atoms with E-state index in [1.165, 1.54) is 0 Å². The predicted octanol–water partition coefficient (Wildman–Crippen LogP) is 0.199. The number of urea groups is 1. The zero-order valence-corrected chi connectivity index (χ0v) is 6.31. The average Bonchev–Trinajstić information content (AvgIpc) is 1.85. The normalized spacial score (nSPS) is 12.2. The Bertz CT molecular complexity index is 149. The summed E-state index contributed by atoms with van der Waals surface area (Å²) in [5.74, 6) is -0.545. The standard InChI is InChI=1S/C5H9ClN2O2/c1-2-3(6)4(9)8-5(7)10/h3H,2H2,1H3,(H3,7,8,9,10). The van der Waals surface area contributed by atoms with Crippen molar-refractivity contribution in [1.82, 2.24) is 5.32 Å². The fraction of sp³-hybridized carbons (Fsp3) is 0.600. The first kappa shape index (κ1) is 9.23. The minimum absolute atomic E-state index is 0.473. The number of carbonyl (C=O) groups excluding carboxylic acids is 2. The van der Waals surface area contributed by atoms with Gasteiger partial charge < -0.3 is 5.73 Å². The largest absolute Gasteiger partial charge is 0.351 e. The molecular formula is C5H9ClN2O2. The number of carbonyl (C=O) groups is 2. The molecule has 0 fully saturated rings. The van der Waals surface area contributed by atoms with Gasteiger partial charge in [0.1, 0.15) is 5.38 Å². The molecule has 3 amide bonds. The fourth-order valence-corrected chi connectivity index (χ4v) is 0.440. The first-order valence-electron chi connectivity index (χ1n) is 2.82. The highest BCUT2D eigenvalue weighted by atomic mass is 35.5.